The van der Waals surface area contributed by atoms with Crippen LogP contribution in [0.4, 0.5) is 0 Å². The maximum Gasteiger partial charge on any atom is 0.354 e. The van der Waals surface area contributed by atoms with Crippen molar-refractivity contribution in [2.24, 2.45) is 0 Å². The fourth-order valence-electron chi connectivity index (χ4n) is 1.40. The average Bonchev–Trinajstić information content (AvgIpc) is 2.57. The predicted molar refractivity (Wildman–Crippen MR) is 59.9 cm³/mol. The second-order valence-corrected chi connectivity index (χ2v) is 3.34. The fourth-order valence-corrected chi connectivity index (χ4v) is 1.40. The van der Waals surface area contributed by atoms with Gasteiger partial charge < -0.3 is 9.30 Å². The van der Waals surface area contributed by atoms with E-state index in [1.54, 1.807) is 0 Å². The Morgan fingerprint density at radius 3 is 2.93 bits per heavy atom. The number of aromatic nitrogens is 1. The van der Waals surface area contributed by atoms with Crippen LogP contribution >= 0.6 is 0 Å². The lowest BCUT2D eigenvalue weighted by Gasteiger charge is -2.05. The van der Waals surface area contributed by atoms with E-state index in [2.05, 4.69) is 0 Å². The molecule has 0 radical (unpaired) electrons. The van der Waals surface area contributed by atoms with Gasteiger partial charge in [-0.05, 0) is 32.4 Å². The molecule has 15 heavy (non-hydrogen) atoms. The van der Waals surface area contributed by atoms with Crippen LogP contribution in [-0.2, 0) is 11.3 Å². The van der Waals surface area contributed by atoms with Gasteiger partial charge in [0.15, 0.2) is 0 Å². The first kappa shape index (κ1) is 11.6. The van der Waals surface area contributed by atoms with Gasteiger partial charge >= 0.3 is 5.97 Å². The van der Waals surface area contributed by atoms with E-state index in [0.29, 0.717) is 18.8 Å². The van der Waals surface area contributed by atoms with E-state index < -0.39 is 0 Å². The number of aryl methyl sites for hydroxylation is 1. The third-order valence-corrected chi connectivity index (χ3v) is 2.06. The number of carbonyl (C=O) groups excluding carboxylic acids is 1. The number of hydrogen-bond donors (Lipinski definition) is 0. The van der Waals surface area contributed by atoms with Crippen LogP contribution in [0.15, 0.2) is 24.4 Å². The minimum atomic E-state index is -0.255. The summed E-state index contributed by atoms with van der Waals surface area (Å²) in [7, 11) is 0. The number of rotatable bonds is 4. The Morgan fingerprint density at radius 2 is 2.33 bits per heavy atom. The maximum absolute atomic E-state index is 11.6. The molecule has 0 unspecified atom stereocenters. The molecule has 3 nitrogen and oxygen atoms in total. The van der Waals surface area contributed by atoms with Gasteiger partial charge in [0.05, 0.1) is 6.61 Å². The molecule has 0 atom stereocenters. The number of carbonyl (C=O) groups is 1. The summed E-state index contributed by atoms with van der Waals surface area (Å²) < 4.78 is 6.87. The second-order valence-electron chi connectivity index (χ2n) is 3.34. The quantitative estimate of drug-likeness (QED) is 0.561. The van der Waals surface area contributed by atoms with Crippen LogP contribution in [0.5, 0.6) is 0 Å². The van der Waals surface area contributed by atoms with E-state index in [0.717, 1.165) is 5.56 Å². The van der Waals surface area contributed by atoms with Gasteiger partial charge in [-0.2, -0.15) is 0 Å². The molecule has 0 spiro atoms. The zero-order valence-corrected chi connectivity index (χ0v) is 9.49. The highest BCUT2D eigenvalue weighted by Gasteiger charge is 2.12. The Kier molecular flexibility index (Phi) is 4.16. The smallest absolute Gasteiger partial charge is 0.354 e. The summed E-state index contributed by atoms with van der Waals surface area (Å²) in [6, 6.07) is 1.85. The molecule has 1 aromatic rings. The first-order chi connectivity index (χ1) is 7.19. The van der Waals surface area contributed by atoms with Gasteiger partial charge in [-0.25, -0.2) is 4.79 Å². The van der Waals surface area contributed by atoms with Crippen LogP contribution in [0.25, 0.3) is 0 Å². The van der Waals surface area contributed by atoms with Crippen molar-refractivity contribution in [3.05, 3.63) is 35.7 Å². The average molecular weight is 207 g/mol. The van der Waals surface area contributed by atoms with Crippen molar-refractivity contribution in [3.63, 3.8) is 0 Å². The molecule has 0 saturated carbocycles. The zero-order valence-electron chi connectivity index (χ0n) is 9.49. The van der Waals surface area contributed by atoms with Gasteiger partial charge in [0.2, 0.25) is 0 Å². The molecule has 0 saturated heterocycles. The van der Waals surface area contributed by atoms with E-state index in [4.69, 9.17) is 4.74 Å². The highest BCUT2D eigenvalue weighted by Crippen LogP contribution is 2.09. The molecule has 0 fully saturated rings. The van der Waals surface area contributed by atoms with Crippen molar-refractivity contribution in [2.75, 3.05) is 6.61 Å². The summed E-state index contributed by atoms with van der Waals surface area (Å²) in [6.45, 7) is 6.85. The lowest BCUT2D eigenvalue weighted by Crippen LogP contribution is -2.11. The van der Waals surface area contributed by atoms with Crippen LogP contribution < -0.4 is 0 Å². The second kappa shape index (κ2) is 5.39. The summed E-state index contributed by atoms with van der Waals surface area (Å²) >= 11 is 0. The standard InChI is InChI=1S/C12H17NO2/c1-4-6-7-13-9-10(3)8-11(13)12(14)15-5-2/h4,6,8-9H,5,7H2,1-3H3/b6-4+. The van der Waals surface area contributed by atoms with Gasteiger partial charge in [0.25, 0.3) is 0 Å². The third kappa shape index (κ3) is 2.98. The Bertz CT molecular complexity index is 364. The molecular weight excluding hydrogens is 190 g/mol. The van der Waals surface area contributed by atoms with Crippen molar-refractivity contribution >= 4 is 5.97 Å². The van der Waals surface area contributed by atoms with E-state index >= 15 is 0 Å². The van der Waals surface area contributed by atoms with Gasteiger partial charge in [0.1, 0.15) is 5.69 Å². The molecule has 0 aliphatic heterocycles. The SMILES string of the molecule is C/C=C/Cn1cc(C)cc1C(=O)OCC. The fraction of sp³-hybridized carbons (Fsp3) is 0.417. The van der Waals surface area contributed by atoms with Crippen molar-refractivity contribution in [3.8, 4) is 0 Å². The van der Waals surface area contributed by atoms with E-state index in [-0.39, 0.29) is 5.97 Å². The Hall–Kier alpha value is -1.51. The molecule has 0 N–H and O–H groups in total. The predicted octanol–water partition coefficient (Wildman–Crippen LogP) is 2.55. The summed E-state index contributed by atoms with van der Waals surface area (Å²) in [5.41, 5.74) is 1.69. The molecule has 1 heterocycles. The van der Waals surface area contributed by atoms with Crippen LogP contribution in [-0.4, -0.2) is 17.1 Å². The molecule has 0 amide bonds. The van der Waals surface area contributed by atoms with E-state index in [9.17, 15) is 4.79 Å². The topological polar surface area (TPSA) is 31.2 Å². The number of ether oxygens (including phenoxy) is 1. The molecule has 1 rings (SSSR count). The molecule has 0 aliphatic carbocycles. The number of nitrogens with zero attached hydrogens (tertiary/aromatic N) is 1. The van der Waals surface area contributed by atoms with Crippen LogP contribution in [0.2, 0.25) is 0 Å². The number of allylic oxidation sites excluding steroid dienone is 2. The molecule has 3 heteroatoms. The lowest BCUT2D eigenvalue weighted by atomic mass is 10.3. The third-order valence-electron chi connectivity index (χ3n) is 2.06. The van der Waals surface area contributed by atoms with Crippen LogP contribution in [0.3, 0.4) is 0 Å². The van der Waals surface area contributed by atoms with Gasteiger partial charge in [0, 0.05) is 12.7 Å². The van der Waals surface area contributed by atoms with E-state index in [1.165, 1.54) is 0 Å². The van der Waals surface area contributed by atoms with Crippen molar-refractivity contribution in [2.45, 2.75) is 27.3 Å². The largest absolute Gasteiger partial charge is 0.461 e. The van der Waals surface area contributed by atoms with Crippen molar-refractivity contribution in [1.82, 2.24) is 4.57 Å². The van der Waals surface area contributed by atoms with Gasteiger partial charge in [-0.15, -0.1) is 0 Å². The maximum atomic E-state index is 11.6. The van der Waals surface area contributed by atoms with Crippen LogP contribution in [0, 0.1) is 6.92 Å². The number of esters is 1. The molecule has 0 aliphatic rings. The van der Waals surface area contributed by atoms with Crippen molar-refractivity contribution in [1.29, 1.82) is 0 Å². The highest BCUT2D eigenvalue weighted by atomic mass is 16.5. The monoisotopic (exact) mass is 207 g/mol. The molecular formula is C12H17NO2. The van der Waals surface area contributed by atoms with Gasteiger partial charge in [-0.1, -0.05) is 12.2 Å². The summed E-state index contributed by atoms with van der Waals surface area (Å²) in [5, 5.41) is 0. The lowest BCUT2D eigenvalue weighted by molar-refractivity contribution is 0.0514. The molecule has 82 valence electrons. The molecule has 0 aromatic carbocycles. The highest BCUT2D eigenvalue weighted by molar-refractivity contribution is 5.88. The number of hydrogen-bond acceptors (Lipinski definition) is 2. The minimum absolute atomic E-state index is 0.255. The zero-order chi connectivity index (χ0) is 11.3. The Morgan fingerprint density at radius 1 is 1.60 bits per heavy atom. The summed E-state index contributed by atoms with van der Waals surface area (Å²) in [4.78, 5) is 11.6. The van der Waals surface area contributed by atoms with E-state index in [1.807, 2.05) is 49.8 Å². The summed E-state index contributed by atoms with van der Waals surface area (Å²) in [5.74, 6) is -0.255. The van der Waals surface area contributed by atoms with Gasteiger partial charge in [-0.3, -0.25) is 0 Å². The molecule has 0 bridgehead atoms. The summed E-state index contributed by atoms with van der Waals surface area (Å²) in [6.07, 6.45) is 5.92. The Balaban J connectivity index is 2.89. The Labute approximate surface area is 90.4 Å². The first-order valence-electron chi connectivity index (χ1n) is 5.14. The van der Waals surface area contributed by atoms with Crippen molar-refractivity contribution < 1.29 is 9.53 Å². The molecule has 1 aromatic heterocycles. The first-order valence-corrected chi connectivity index (χ1v) is 5.14. The minimum Gasteiger partial charge on any atom is -0.461 e. The van der Waals surface area contributed by atoms with Crippen LogP contribution in [0.1, 0.15) is 29.9 Å². The normalized spacial score (nSPS) is 10.9.